The predicted octanol–water partition coefficient (Wildman–Crippen LogP) is 0.256. The van der Waals surface area contributed by atoms with Gasteiger partial charge in [0.2, 0.25) is 0 Å². The Morgan fingerprint density at radius 3 is 2.75 bits per heavy atom. The number of rotatable bonds is 1. The number of nitrogens with zero attached hydrogens (tertiary/aromatic N) is 3. The molecule has 5 nitrogen and oxygen atoms in total. The van der Waals surface area contributed by atoms with Crippen molar-refractivity contribution >= 4 is 23.0 Å². The Balaban J connectivity index is 2.52. The second-order valence-electron chi connectivity index (χ2n) is 3.59. The molecule has 16 heavy (non-hydrogen) atoms. The number of fused-ring (bicyclic) bond motifs is 2. The standard InChI is InChI=1S/C11H7N3O2/c15-11(16)8-5-9-10(13-14-12-9)7-4-2-1-3-6(7)8/h1-4H,5H2,(H,15,16). The van der Waals surface area contributed by atoms with Crippen molar-refractivity contribution in [3.63, 3.8) is 0 Å². The van der Waals surface area contributed by atoms with Gasteiger partial charge in [-0.3, -0.25) is 0 Å². The molecule has 5 heteroatoms. The predicted molar refractivity (Wildman–Crippen MR) is 57.1 cm³/mol. The molecule has 1 aliphatic heterocycles. The summed E-state index contributed by atoms with van der Waals surface area (Å²) in [5.41, 5.74) is 1.68. The van der Waals surface area contributed by atoms with Crippen LogP contribution in [0.15, 0.2) is 39.7 Å². The van der Waals surface area contributed by atoms with E-state index in [-0.39, 0.29) is 6.42 Å². The third kappa shape index (κ3) is 1.11. The quantitative estimate of drug-likeness (QED) is 0.726. The summed E-state index contributed by atoms with van der Waals surface area (Å²) in [4.78, 5) is 11.1. The van der Waals surface area contributed by atoms with Crippen LogP contribution < -0.4 is 10.4 Å². The molecule has 1 N–H and O–H groups in total. The van der Waals surface area contributed by atoms with Crippen molar-refractivity contribution in [1.82, 2.24) is 0 Å². The summed E-state index contributed by atoms with van der Waals surface area (Å²) in [6.45, 7) is 0. The molecular weight excluding hydrogens is 206 g/mol. The first-order valence-corrected chi connectivity index (χ1v) is 4.81. The van der Waals surface area contributed by atoms with E-state index in [0.29, 0.717) is 22.2 Å². The van der Waals surface area contributed by atoms with Crippen LogP contribution in [-0.4, -0.2) is 16.8 Å². The van der Waals surface area contributed by atoms with E-state index in [1.54, 1.807) is 6.07 Å². The van der Waals surface area contributed by atoms with E-state index in [9.17, 15) is 4.79 Å². The molecule has 0 bridgehead atoms. The van der Waals surface area contributed by atoms with Crippen LogP contribution >= 0.6 is 0 Å². The molecule has 0 fully saturated rings. The summed E-state index contributed by atoms with van der Waals surface area (Å²) in [6.07, 6.45) is 0.286. The Morgan fingerprint density at radius 2 is 2.00 bits per heavy atom. The van der Waals surface area contributed by atoms with E-state index >= 15 is 0 Å². The fraction of sp³-hybridized carbons (Fsp3) is 0.0909. The van der Waals surface area contributed by atoms with Crippen LogP contribution in [0.25, 0.3) is 11.3 Å². The molecule has 0 saturated heterocycles. The molecule has 3 rings (SSSR count). The number of hydrogen-bond acceptors (Lipinski definition) is 4. The Bertz CT molecular complexity index is 671. The molecule has 0 atom stereocenters. The molecule has 1 heterocycles. The third-order valence-electron chi connectivity index (χ3n) is 2.69. The zero-order valence-electron chi connectivity index (χ0n) is 8.21. The van der Waals surface area contributed by atoms with Crippen molar-refractivity contribution in [3.8, 4) is 0 Å². The molecule has 1 aromatic carbocycles. The molecule has 0 saturated carbocycles. The van der Waals surface area contributed by atoms with Crippen LogP contribution in [0.1, 0.15) is 6.42 Å². The molecule has 0 radical (unpaired) electrons. The highest BCUT2D eigenvalue weighted by Crippen LogP contribution is 2.18. The minimum atomic E-state index is -0.916. The maximum atomic E-state index is 11.1. The molecule has 1 aromatic rings. The van der Waals surface area contributed by atoms with E-state index in [4.69, 9.17) is 5.11 Å². The van der Waals surface area contributed by atoms with Gasteiger partial charge in [-0.05, 0) is 10.4 Å². The maximum Gasteiger partial charge on any atom is 0.332 e. The van der Waals surface area contributed by atoms with Crippen molar-refractivity contribution in [2.24, 2.45) is 15.4 Å². The van der Waals surface area contributed by atoms with Gasteiger partial charge in [0.1, 0.15) is 5.70 Å². The molecule has 0 unspecified atom stereocenters. The first-order valence-electron chi connectivity index (χ1n) is 4.81. The first kappa shape index (κ1) is 8.96. The van der Waals surface area contributed by atoms with Crippen molar-refractivity contribution < 1.29 is 9.90 Å². The SMILES string of the molecule is O=C(O)C1=c2ccccc2=C2N=NN=C2C1. The minimum absolute atomic E-state index is 0.286. The topological polar surface area (TPSA) is 74.4 Å². The zero-order valence-corrected chi connectivity index (χ0v) is 8.21. The summed E-state index contributed by atoms with van der Waals surface area (Å²) in [5.74, 6) is -0.916. The average molecular weight is 213 g/mol. The maximum absolute atomic E-state index is 11.1. The average Bonchev–Trinajstić information content (AvgIpc) is 2.75. The lowest BCUT2D eigenvalue weighted by atomic mass is 9.96. The van der Waals surface area contributed by atoms with Crippen LogP contribution in [0, 0.1) is 0 Å². The largest absolute Gasteiger partial charge is 0.478 e. The fourth-order valence-corrected chi connectivity index (χ4v) is 1.96. The highest BCUT2D eigenvalue weighted by atomic mass is 16.4. The lowest BCUT2D eigenvalue weighted by molar-refractivity contribution is -0.130. The van der Waals surface area contributed by atoms with Crippen molar-refractivity contribution in [2.45, 2.75) is 6.42 Å². The summed E-state index contributed by atoms with van der Waals surface area (Å²) >= 11 is 0. The van der Waals surface area contributed by atoms with Gasteiger partial charge in [0.05, 0.1) is 11.3 Å². The fourth-order valence-electron chi connectivity index (χ4n) is 1.96. The van der Waals surface area contributed by atoms with E-state index in [1.165, 1.54) is 0 Å². The first-order chi connectivity index (χ1) is 7.77. The number of benzene rings is 1. The molecular formula is C11H7N3O2. The van der Waals surface area contributed by atoms with Crippen molar-refractivity contribution in [1.29, 1.82) is 0 Å². The highest BCUT2D eigenvalue weighted by molar-refractivity contribution is 6.27. The number of aliphatic carboxylic acids is 1. The van der Waals surface area contributed by atoms with Gasteiger partial charge in [-0.25, -0.2) is 4.79 Å². The summed E-state index contributed by atoms with van der Waals surface area (Å²) in [7, 11) is 0. The number of carboxylic acids is 1. The van der Waals surface area contributed by atoms with Crippen molar-refractivity contribution in [2.75, 3.05) is 0 Å². The van der Waals surface area contributed by atoms with Crippen LogP contribution in [0.3, 0.4) is 0 Å². The minimum Gasteiger partial charge on any atom is -0.478 e. The van der Waals surface area contributed by atoms with Crippen molar-refractivity contribution in [3.05, 3.63) is 34.7 Å². The van der Waals surface area contributed by atoms with Gasteiger partial charge in [0.15, 0.2) is 0 Å². The summed E-state index contributed by atoms with van der Waals surface area (Å²) in [6, 6.07) is 7.29. The molecule has 0 amide bonds. The van der Waals surface area contributed by atoms with Gasteiger partial charge in [-0.1, -0.05) is 24.3 Å². The number of carboxylic acid groups (broad SMARTS) is 1. The zero-order chi connectivity index (χ0) is 11.1. The monoisotopic (exact) mass is 213 g/mol. The second-order valence-corrected chi connectivity index (χ2v) is 3.59. The summed E-state index contributed by atoms with van der Waals surface area (Å²) < 4.78 is 0. The molecule has 2 aliphatic rings. The smallest absolute Gasteiger partial charge is 0.332 e. The van der Waals surface area contributed by atoms with E-state index < -0.39 is 5.97 Å². The van der Waals surface area contributed by atoms with Gasteiger partial charge in [-0.2, -0.15) is 0 Å². The van der Waals surface area contributed by atoms with Crippen LogP contribution in [0.4, 0.5) is 0 Å². The molecule has 78 valence electrons. The van der Waals surface area contributed by atoms with Crippen LogP contribution in [0.2, 0.25) is 0 Å². The van der Waals surface area contributed by atoms with E-state index in [0.717, 1.165) is 5.22 Å². The van der Waals surface area contributed by atoms with E-state index in [2.05, 4.69) is 15.4 Å². The van der Waals surface area contributed by atoms with Gasteiger partial charge in [0.25, 0.3) is 0 Å². The lowest BCUT2D eigenvalue weighted by Crippen LogP contribution is -2.36. The van der Waals surface area contributed by atoms with Crippen LogP contribution in [0.5, 0.6) is 0 Å². The van der Waals surface area contributed by atoms with Crippen LogP contribution in [-0.2, 0) is 4.79 Å². The number of hydrogen-bond donors (Lipinski definition) is 1. The van der Waals surface area contributed by atoms with Gasteiger partial charge >= 0.3 is 5.97 Å². The van der Waals surface area contributed by atoms with Gasteiger partial charge in [-0.15, -0.1) is 10.2 Å². The summed E-state index contributed by atoms with van der Waals surface area (Å²) in [5, 5.41) is 22.0. The Kier molecular flexibility index (Phi) is 1.73. The number of carbonyl (C=O) groups is 1. The normalized spacial score (nSPS) is 16.9. The highest BCUT2D eigenvalue weighted by Gasteiger charge is 2.23. The second kappa shape index (κ2) is 3.10. The van der Waals surface area contributed by atoms with Gasteiger partial charge in [0, 0.05) is 11.6 Å². The Hall–Kier alpha value is -2.30. The Labute approximate surface area is 90.1 Å². The van der Waals surface area contributed by atoms with Gasteiger partial charge < -0.3 is 5.11 Å². The molecule has 1 aliphatic carbocycles. The lowest BCUT2D eigenvalue weighted by Gasteiger charge is -2.09. The Morgan fingerprint density at radius 1 is 1.25 bits per heavy atom. The third-order valence-corrected chi connectivity index (χ3v) is 2.69. The molecule has 0 aromatic heterocycles. The molecule has 0 spiro atoms. The van der Waals surface area contributed by atoms with E-state index in [1.807, 2.05) is 18.2 Å².